The van der Waals surface area contributed by atoms with Crippen molar-refractivity contribution in [1.29, 1.82) is 0 Å². The summed E-state index contributed by atoms with van der Waals surface area (Å²) in [4.78, 5) is 39.8. The van der Waals surface area contributed by atoms with Gasteiger partial charge in [0, 0.05) is 45.5 Å². The number of benzene rings is 2. The van der Waals surface area contributed by atoms with Gasteiger partial charge < -0.3 is 31.2 Å². The monoisotopic (exact) mass is 562 g/mol. The van der Waals surface area contributed by atoms with Crippen LogP contribution in [-0.2, 0) is 4.79 Å². The van der Waals surface area contributed by atoms with Crippen molar-refractivity contribution in [3.05, 3.63) is 93.3 Å². The number of hydrogen-bond acceptors (Lipinski definition) is 12. The third kappa shape index (κ3) is 8.51. The minimum atomic E-state index is -0.492. The van der Waals surface area contributed by atoms with Crippen LogP contribution in [0, 0.1) is 20.2 Å². The van der Waals surface area contributed by atoms with Gasteiger partial charge in [-0.25, -0.2) is 9.97 Å². The molecule has 4 aromatic rings. The molecule has 1 amide bonds. The van der Waals surface area contributed by atoms with E-state index in [1.165, 1.54) is 43.6 Å². The molecule has 5 N–H and O–H groups in total. The first-order valence-corrected chi connectivity index (χ1v) is 11.8. The number of rotatable bonds is 9. The van der Waals surface area contributed by atoms with E-state index in [-0.39, 0.29) is 17.3 Å². The van der Waals surface area contributed by atoms with E-state index in [2.05, 4.69) is 25.9 Å². The minimum absolute atomic E-state index is 0.0537. The van der Waals surface area contributed by atoms with Gasteiger partial charge in [-0.1, -0.05) is 0 Å². The van der Waals surface area contributed by atoms with Crippen LogP contribution < -0.4 is 31.2 Å². The van der Waals surface area contributed by atoms with E-state index >= 15 is 0 Å². The average Bonchev–Trinajstić information content (AvgIpc) is 2.93. The number of anilines is 4. The lowest BCUT2D eigenvalue weighted by molar-refractivity contribution is -0.384. The van der Waals surface area contributed by atoms with Crippen LogP contribution in [0.4, 0.5) is 34.4 Å². The van der Waals surface area contributed by atoms with Gasteiger partial charge in [0.1, 0.15) is 46.0 Å². The molecule has 15 nitrogen and oxygen atoms in total. The van der Waals surface area contributed by atoms with Crippen molar-refractivity contribution in [3.8, 4) is 23.0 Å². The molecule has 0 aliphatic heterocycles. The number of carbonyl (C=O) groups is 1. The summed E-state index contributed by atoms with van der Waals surface area (Å²) < 4.78 is 11.1. The Kier molecular flexibility index (Phi) is 9.88. The predicted molar refractivity (Wildman–Crippen MR) is 153 cm³/mol. The van der Waals surface area contributed by atoms with E-state index in [1.807, 2.05) is 0 Å². The molecular formula is C26H26N8O7. The first-order chi connectivity index (χ1) is 19.6. The number of ether oxygens (including phenoxy) is 2. The number of nitrogen functional groups attached to an aromatic ring is 1. The average molecular weight is 563 g/mol. The van der Waals surface area contributed by atoms with Gasteiger partial charge in [-0.2, -0.15) is 0 Å². The molecule has 0 bridgehead atoms. The Labute approximate surface area is 233 Å². The van der Waals surface area contributed by atoms with Gasteiger partial charge in [-0.15, -0.1) is 0 Å². The third-order valence-electron chi connectivity index (χ3n) is 5.13. The molecule has 212 valence electrons. The Morgan fingerprint density at radius 2 is 1.22 bits per heavy atom. The molecular weight excluding hydrogens is 536 g/mol. The van der Waals surface area contributed by atoms with E-state index in [0.29, 0.717) is 46.0 Å². The molecule has 0 aliphatic carbocycles. The molecule has 4 rings (SSSR count). The highest BCUT2D eigenvalue weighted by Crippen LogP contribution is 2.32. The van der Waals surface area contributed by atoms with Crippen molar-refractivity contribution < 1.29 is 24.1 Å². The van der Waals surface area contributed by atoms with Crippen LogP contribution in [-0.4, -0.2) is 39.8 Å². The second kappa shape index (κ2) is 13.7. The van der Waals surface area contributed by atoms with Crippen LogP contribution in [0.3, 0.4) is 0 Å². The maximum absolute atomic E-state index is 11.0. The van der Waals surface area contributed by atoms with Gasteiger partial charge in [0.25, 0.3) is 11.4 Å². The molecule has 0 aliphatic rings. The topological polar surface area (TPSA) is 210 Å². The molecule has 41 heavy (non-hydrogen) atoms. The van der Waals surface area contributed by atoms with Crippen molar-refractivity contribution in [3.63, 3.8) is 0 Å². The Bertz CT molecular complexity index is 1560. The fourth-order valence-electron chi connectivity index (χ4n) is 3.36. The molecule has 2 heterocycles. The molecule has 0 fully saturated rings. The van der Waals surface area contributed by atoms with Gasteiger partial charge in [-0.3, -0.25) is 25.0 Å². The number of nitro groups is 2. The number of nitrogens with one attached hydrogen (secondary N) is 3. The normalized spacial score (nSPS) is 9.93. The number of nitrogens with zero attached hydrogens (tertiary/aromatic N) is 4. The molecule has 0 saturated carbocycles. The van der Waals surface area contributed by atoms with Crippen molar-refractivity contribution in [1.82, 2.24) is 9.97 Å². The molecule has 2 aromatic carbocycles. The van der Waals surface area contributed by atoms with Gasteiger partial charge in [0.2, 0.25) is 5.91 Å². The number of nitrogens with two attached hydrogens (primary N) is 1. The summed E-state index contributed by atoms with van der Waals surface area (Å²) in [6.45, 7) is 1.37. The summed E-state index contributed by atoms with van der Waals surface area (Å²) >= 11 is 0. The zero-order chi connectivity index (χ0) is 29.9. The summed E-state index contributed by atoms with van der Waals surface area (Å²) in [7, 11) is 3.22. The summed E-state index contributed by atoms with van der Waals surface area (Å²) in [5, 5.41) is 30.0. The zero-order valence-electron chi connectivity index (χ0n) is 22.2. The lowest BCUT2D eigenvalue weighted by Crippen LogP contribution is -2.07. The van der Waals surface area contributed by atoms with E-state index in [4.69, 9.17) is 15.2 Å². The number of nitro benzene ring substituents is 2. The highest BCUT2D eigenvalue weighted by molar-refractivity contribution is 5.87. The molecule has 0 spiro atoms. The first kappa shape index (κ1) is 29.6. The molecule has 15 heteroatoms. The highest BCUT2D eigenvalue weighted by Gasteiger charge is 2.15. The van der Waals surface area contributed by atoms with Gasteiger partial charge >= 0.3 is 0 Å². The summed E-state index contributed by atoms with van der Waals surface area (Å²) in [5.74, 6) is 1.95. The lowest BCUT2D eigenvalue weighted by Gasteiger charge is -2.09. The fraction of sp³-hybridized carbons (Fsp3) is 0.115. The largest absolute Gasteiger partial charge is 0.457 e. The van der Waals surface area contributed by atoms with Gasteiger partial charge in [-0.05, 0) is 36.4 Å². The van der Waals surface area contributed by atoms with Crippen LogP contribution in [0.2, 0.25) is 0 Å². The lowest BCUT2D eigenvalue weighted by atomic mass is 10.2. The van der Waals surface area contributed by atoms with Crippen LogP contribution in [0.5, 0.6) is 23.0 Å². The van der Waals surface area contributed by atoms with Crippen LogP contribution in [0.25, 0.3) is 0 Å². The Balaban J connectivity index is 0.000000228. The summed E-state index contributed by atoms with van der Waals surface area (Å²) in [5.41, 5.74) is 6.20. The SMILES string of the molecule is CNc1ccc(Oc2ccnc(N)c2)cc1[N+](=O)[O-].CNc1ccc(Oc2ccnc(NC(C)=O)c2)cc1[N+](=O)[O-]. The molecule has 2 aromatic heterocycles. The predicted octanol–water partition coefficient (Wildman–Crippen LogP) is 5.19. The Hall–Kier alpha value is -5.99. The van der Waals surface area contributed by atoms with Crippen molar-refractivity contribution in [2.75, 3.05) is 35.8 Å². The Morgan fingerprint density at radius 3 is 1.66 bits per heavy atom. The number of amides is 1. The van der Waals surface area contributed by atoms with Crippen LogP contribution in [0.1, 0.15) is 6.92 Å². The third-order valence-corrected chi connectivity index (χ3v) is 5.13. The zero-order valence-corrected chi connectivity index (χ0v) is 22.2. The van der Waals surface area contributed by atoms with E-state index in [0.717, 1.165) is 0 Å². The standard InChI is InChI=1S/C14H14N4O4.C12H12N4O3/c1-9(19)17-14-8-11(5-6-16-14)22-10-3-4-12(15-2)13(7-10)18(20)21;1-14-10-3-2-8(6-11(10)16(17)18)19-9-4-5-15-12(13)7-9/h3-8,15H,1-2H3,(H,16,17,19);2-7,14H,1H3,(H2,13,15). The van der Waals surface area contributed by atoms with Crippen LogP contribution in [0.15, 0.2) is 73.1 Å². The summed E-state index contributed by atoms with van der Waals surface area (Å²) in [6.07, 6.45) is 2.97. The first-order valence-electron chi connectivity index (χ1n) is 11.8. The number of pyridine rings is 2. The van der Waals surface area contributed by atoms with E-state index in [1.54, 1.807) is 50.5 Å². The maximum Gasteiger partial charge on any atom is 0.296 e. The highest BCUT2D eigenvalue weighted by atomic mass is 16.6. The molecule has 0 radical (unpaired) electrons. The quantitative estimate of drug-likeness (QED) is 0.153. The number of hydrogen-bond donors (Lipinski definition) is 4. The molecule has 0 unspecified atom stereocenters. The second-order valence-corrected chi connectivity index (χ2v) is 8.05. The Morgan fingerprint density at radius 1 is 0.756 bits per heavy atom. The van der Waals surface area contributed by atoms with Gasteiger partial charge in [0.15, 0.2) is 0 Å². The van der Waals surface area contributed by atoms with E-state index in [9.17, 15) is 25.0 Å². The fourth-order valence-corrected chi connectivity index (χ4v) is 3.36. The number of aromatic nitrogens is 2. The minimum Gasteiger partial charge on any atom is -0.457 e. The van der Waals surface area contributed by atoms with Gasteiger partial charge in [0.05, 0.1) is 22.0 Å². The van der Waals surface area contributed by atoms with E-state index < -0.39 is 9.85 Å². The molecule has 0 atom stereocenters. The maximum atomic E-state index is 11.0. The van der Waals surface area contributed by atoms with Crippen molar-refractivity contribution in [2.45, 2.75) is 6.92 Å². The van der Waals surface area contributed by atoms with Crippen LogP contribution >= 0.6 is 0 Å². The second-order valence-electron chi connectivity index (χ2n) is 8.05. The summed E-state index contributed by atoms with van der Waals surface area (Å²) in [6, 6.07) is 15.3. The van der Waals surface area contributed by atoms with Crippen molar-refractivity contribution >= 4 is 40.3 Å². The van der Waals surface area contributed by atoms with Crippen molar-refractivity contribution in [2.24, 2.45) is 0 Å². The smallest absolute Gasteiger partial charge is 0.296 e. The molecule has 0 saturated heterocycles. The number of carbonyl (C=O) groups excluding carboxylic acids is 1.